The molecule has 37 heavy (non-hydrogen) atoms. The topological polar surface area (TPSA) is 99.3 Å². The van der Waals surface area contributed by atoms with Crippen LogP contribution in [0.1, 0.15) is 45.4 Å². The second-order valence-electron chi connectivity index (χ2n) is 9.75. The Kier molecular flexibility index (Phi) is 7.39. The fourth-order valence-corrected chi connectivity index (χ4v) is 7.00. The van der Waals surface area contributed by atoms with E-state index >= 15 is 0 Å². The molecule has 0 unspecified atom stereocenters. The van der Waals surface area contributed by atoms with Gasteiger partial charge < -0.3 is 15.0 Å². The zero-order valence-corrected chi connectivity index (χ0v) is 22.0. The number of rotatable bonds is 7. The van der Waals surface area contributed by atoms with E-state index in [-0.39, 0.29) is 29.3 Å². The number of carbonyl (C=O) groups is 2. The van der Waals surface area contributed by atoms with Gasteiger partial charge in [0.05, 0.1) is 22.9 Å². The van der Waals surface area contributed by atoms with E-state index < -0.39 is 10.0 Å². The van der Waals surface area contributed by atoms with E-state index in [1.165, 1.54) is 9.21 Å². The Bertz CT molecular complexity index is 1260. The van der Waals surface area contributed by atoms with Crippen LogP contribution in [-0.2, 0) is 19.6 Å². The molecule has 2 aromatic rings. The molecule has 9 nitrogen and oxygen atoms in total. The second-order valence-corrected chi connectivity index (χ2v) is 11.7. The minimum atomic E-state index is -3.69. The smallest absolute Gasteiger partial charge is 0.250 e. The first kappa shape index (κ1) is 25.5. The molecule has 3 aliphatic rings. The van der Waals surface area contributed by atoms with Crippen LogP contribution < -0.4 is 19.9 Å². The summed E-state index contributed by atoms with van der Waals surface area (Å²) in [5.41, 5.74) is 1.87. The van der Waals surface area contributed by atoms with Crippen LogP contribution in [0.2, 0.25) is 0 Å². The first-order valence-corrected chi connectivity index (χ1v) is 14.6. The Morgan fingerprint density at radius 2 is 1.70 bits per heavy atom. The van der Waals surface area contributed by atoms with Crippen molar-refractivity contribution < 1.29 is 22.7 Å². The molecule has 1 N–H and O–H groups in total. The molecule has 0 aliphatic carbocycles. The molecule has 2 fully saturated rings. The second kappa shape index (κ2) is 10.7. The average Bonchev–Trinajstić information content (AvgIpc) is 2.92. The summed E-state index contributed by atoms with van der Waals surface area (Å²) < 4.78 is 33.8. The van der Waals surface area contributed by atoms with E-state index in [0.717, 1.165) is 44.3 Å². The lowest BCUT2D eigenvalue weighted by Gasteiger charge is -2.45. The highest BCUT2D eigenvalue weighted by atomic mass is 32.2. The first-order valence-electron chi connectivity index (χ1n) is 13.1. The van der Waals surface area contributed by atoms with Crippen molar-refractivity contribution in [3.63, 3.8) is 0 Å². The predicted molar refractivity (Wildman–Crippen MR) is 143 cm³/mol. The SMILES string of the molecule is CCOc1ccc(NC(=O)CN2C(=O)[C@@H]3CCCCN3c3ccc(S(=O)(=O)N4CCCCC4)cc32)cc1. The lowest BCUT2D eigenvalue weighted by Crippen LogP contribution is -2.56. The zero-order valence-electron chi connectivity index (χ0n) is 21.2. The summed E-state index contributed by atoms with van der Waals surface area (Å²) in [6.45, 7) is 3.99. The van der Waals surface area contributed by atoms with E-state index in [1.807, 2.05) is 6.92 Å². The van der Waals surface area contributed by atoms with Crippen LogP contribution in [0.5, 0.6) is 5.75 Å². The molecule has 0 spiro atoms. The van der Waals surface area contributed by atoms with Crippen molar-refractivity contribution in [3.05, 3.63) is 42.5 Å². The molecule has 0 aromatic heterocycles. The van der Waals surface area contributed by atoms with Gasteiger partial charge in [-0.2, -0.15) is 4.31 Å². The number of benzene rings is 2. The van der Waals surface area contributed by atoms with Crippen LogP contribution in [0.3, 0.4) is 0 Å². The van der Waals surface area contributed by atoms with E-state index in [0.29, 0.717) is 43.2 Å². The highest BCUT2D eigenvalue weighted by molar-refractivity contribution is 7.89. The molecular weight excluding hydrogens is 492 g/mol. The van der Waals surface area contributed by atoms with Gasteiger partial charge in [-0.25, -0.2) is 8.42 Å². The molecule has 3 aliphatic heterocycles. The summed E-state index contributed by atoms with van der Waals surface area (Å²) in [5, 5.41) is 2.85. The zero-order chi connectivity index (χ0) is 26.0. The number of sulfonamides is 1. The Labute approximate surface area is 218 Å². The minimum Gasteiger partial charge on any atom is -0.494 e. The van der Waals surface area contributed by atoms with Crippen molar-refractivity contribution in [2.45, 2.75) is 56.4 Å². The van der Waals surface area contributed by atoms with Crippen molar-refractivity contribution in [1.29, 1.82) is 0 Å². The molecule has 10 heteroatoms. The van der Waals surface area contributed by atoms with Crippen LogP contribution in [0.4, 0.5) is 17.1 Å². The average molecular weight is 527 g/mol. The molecule has 5 rings (SSSR count). The summed E-state index contributed by atoms with van der Waals surface area (Å²) in [5.74, 6) is 0.194. The van der Waals surface area contributed by atoms with E-state index in [1.54, 1.807) is 42.5 Å². The monoisotopic (exact) mass is 526 g/mol. The van der Waals surface area contributed by atoms with Gasteiger partial charge in [0, 0.05) is 25.3 Å². The maximum atomic E-state index is 13.6. The fourth-order valence-electron chi connectivity index (χ4n) is 5.46. The normalized spacial score (nSPS) is 20.2. The van der Waals surface area contributed by atoms with Gasteiger partial charge in [0.25, 0.3) is 0 Å². The van der Waals surface area contributed by atoms with Crippen molar-refractivity contribution >= 4 is 38.9 Å². The van der Waals surface area contributed by atoms with E-state index in [4.69, 9.17) is 4.74 Å². The summed E-state index contributed by atoms with van der Waals surface area (Å²) >= 11 is 0. The van der Waals surface area contributed by atoms with Gasteiger partial charge in [-0.3, -0.25) is 14.5 Å². The van der Waals surface area contributed by atoms with Gasteiger partial charge in [-0.1, -0.05) is 6.42 Å². The lowest BCUT2D eigenvalue weighted by molar-refractivity contribution is -0.123. The fraction of sp³-hybridized carbons (Fsp3) is 0.481. The summed E-state index contributed by atoms with van der Waals surface area (Å²) in [7, 11) is -3.69. The quantitative estimate of drug-likeness (QED) is 0.592. The molecule has 2 amide bonds. The van der Waals surface area contributed by atoms with Gasteiger partial charge in [-0.05, 0) is 81.5 Å². The number of nitrogens with zero attached hydrogens (tertiary/aromatic N) is 3. The number of carbonyl (C=O) groups excluding carboxylic acids is 2. The number of fused-ring (bicyclic) bond motifs is 3. The maximum Gasteiger partial charge on any atom is 0.250 e. The first-order chi connectivity index (χ1) is 17.9. The number of hydrogen-bond acceptors (Lipinski definition) is 6. The van der Waals surface area contributed by atoms with Crippen LogP contribution >= 0.6 is 0 Å². The molecule has 2 saturated heterocycles. The third kappa shape index (κ3) is 5.17. The highest BCUT2D eigenvalue weighted by Gasteiger charge is 2.41. The number of anilines is 3. The van der Waals surface area contributed by atoms with Gasteiger partial charge in [-0.15, -0.1) is 0 Å². The minimum absolute atomic E-state index is 0.160. The van der Waals surface area contributed by atoms with Crippen LogP contribution in [0, 0.1) is 0 Å². The van der Waals surface area contributed by atoms with Crippen molar-refractivity contribution in [3.8, 4) is 5.75 Å². The molecule has 1 atom stereocenters. The lowest BCUT2D eigenvalue weighted by atomic mass is 9.96. The Morgan fingerprint density at radius 3 is 2.43 bits per heavy atom. The summed E-state index contributed by atoms with van der Waals surface area (Å²) in [6, 6.07) is 11.7. The molecule has 0 bridgehead atoms. The van der Waals surface area contributed by atoms with Crippen LogP contribution in [0.15, 0.2) is 47.4 Å². The maximum absolute atomic E-state index is 13.6. The molecule has 0 saturated carbocycles. The third-order valence-electron chi connectivity index (χ3n) is 7.30. The van der Waals surface area contributed by atoms with Gasteiger partial charge >= 0.3 is 0 Å². The van der Waals surface area contributed by atoms with E-state index in [9.17, 15) is 18.0 Å². The molecule has 198 valence electrons. The van der Waals surface area contributed by atoms with Gasteiger partial charge in [0.1, 0.15) is 18.3 Å². The number of nitrogens with one attached hydrogen (secondary N) is 1. The number of amides is 2. The number of piperidine rings is 2. The Morgan fingerprint density at radius 1 is 0.973 bits per heavy atom. The Hall–Kier alpha value is -3.11. The van der Waals surface area contributed by atoms with Gasteiger partial charge in [0.15, 0.2) is 0 Å². The molecular formula is C27H34N4O5S. The van der Waals surface area contributed by atoms with Crippen molar-refractivity contribution in [2.24, 2.45) is 0 Å². The van der Waals surface area contributed by atoms with Gasteiger partial charge in [0.2, 0.25) is 21.8 Å². The molecule has 2 aromatic carbocycles. The predicted octanol–water partition coefficient (Wildman–Crippen LogP) is 3.60. The molecule has 0 radical (unpaired) electrons. The Balaban J connectivity index is 1.44. The largest absolute Gasteiger partial charge is 0.494 e. The van der Waals surface area contributed by atoms with Crippen LogP contribution in [0.25, 0.3) is 0 Å². The molecule has 3 heterocycles. The number of hydrogen-bond donors (Lipinski definition) is 1. The summed E-state index contributed by atoms with van der Waals surface area (Å²) in [6.07, 6.45) is 5.33. The summed E-state index contributed by atoms with van der Waals surface area (Å²) in [4.78, 5) is 30.4. The van der Waals surface area contributed by atoms with Crippen molar-refractivity contribution in [2.75, 3.05) is 47.9 Å². The number of ether oxygens (including phenoxy) is 1. The standard InChI is InChI=1S/C27H34N4O5S/c1-2-36-21-11-9-20(10-12-21)28-26(32)19-31-25-18-22(37(34,35)29-15-5-3-6-16-29)13-14-23(25)30-17-7-4-8-24(30)27(31)33/h9-14,18,24H,2-8,15-17,19H2,1H3,(H,28,32)/t24-/m0/s1. The van der Waals surface area contributed by atoms with E-state index in [2.05, 4.69) is 10.2 Å². The van der Waals surface area contributed by atoms with Crippen molar-refractivity contribution in [1.82, 2.24) is 4.31 Å². The third-order valence-corrected chi connectivity index (χ3v) is 9.20. The van der Waals surface area contributed by atoms with Crippen LogP contribution in [-0.4, -0.2) is 63.4 Å². The highest BCUT2D eigenvalue weighted by Crippen LogP contribution is 2.41.